The minimum Gasteiger partial charge on any atom is -0.497 e. The van der Waals surface area contributed by atoms with Crippen molar-refractivity contribution in [2.24, 2.45) is 5.73 Å². The van der Waals surface area contributed by atoms with Gasteiger partial charge in [-0.1, -0.05) is 43.8 Å². The SMILES string of the molecule is C.COc1cc(Nc2nc3ccccc3nc2NS(=O)(=O)c2ccc(C#N)cc2)c(OCCCO)c(OC)c1.COc1cc(Nc2nc3ccccc3nc2NS(=O)(=O)c2ccc(CN)cc2)c(OCCCO)c(OC)c1. The average Bonchev–Trinajstić information content (AvgIpc) is 3.46. The molecule has 8 N–H and O–H groups in total. The number of aliphatic hydroxyl groups excluding tert-OH is 2. The molecule has 0 aliphatic heterocycles. The van der Waals surface area contributed by atoms with Crippen LogP contribution in [-0.4, -0.2) is 102 Å². The highest BCUT2D eigenvalue weighted by Gasteiger charge is 2.24. The molecule has 77 heavy (non-hydrogen) atoms. The molecule has 0 fully saturated rings. The van der Waals surface area contributed by atoms with E-state index in [1.807, 2.05) is 12.1 Å². The molecule has 0 aliphatic rings. The molecule has 0 saturated carbocycles. The van der Waals surface area contributed by atoms with Crippen molar-refractivity contribution in [1.82, 2.24) is 19.9 Å². The number of nitrogens with two attached hydrogens (primary N) is 1. The quantitative estimate of drug-likeness (QED) is 0.0300. The maximum absolute atomic E-state index is 13.3. The molecule has 2 aromatic heterocycles. The molecule has 0 spiro atoms. The Hall–Kier alpha value is -8.73. The topological polar surface area (TPSA) is 314 Å². The molecule has 24 heteroatoms. The molecule has 0 bridgehead atoms. The lowest BCUT2D eigenvalue weighted by molar-refractivity contribution is 0.228. The van der Waals surface area contributed by atoms with Gasteiger partial charge in [0.25, 0.3) is 20.0 Å². The smallest absolute Gasteiger partial charge is 0.263 e. The normalized spacial score (nSPS) is 11.0. The largest absolute Gasteiger partial charge is 0.497 e. The van der Waals surface area contributed by atoms with Crippen LogP contribution in [0.3, 0.4) is 0 Å². The van der Waals surface area contributed by atoms with Gasteiger partial charge < -0.3 is 55.0 Å². The maximum Gasteiger partial charge on any atom is 0.263 e. The first-order chi connectivity index (χ1) is 36.8. The van der Waals surface area contributed by atoms with Gasteiger partial charge in [-0.15, -0.1) is 0 Å². The summed E-state index contributed by atoms with van der Waals surface area (Å²) in [6.45, 7) is 0.615. The molecular weight excluding hydrogens is 1030 g/mol. The number of aliphatic hydroxyl groups is 2. The predicted octanol–water partition coefficient (Wildman–Crippen LogP) is 7.87. The van der Waals surface area contributed by atoms with E-state index >= 15 is 0 Å². The number of rotatable bonds is 23. The second-order valence-corrected chi connectivity index (χ2v) is 19.4. The van der Waals surface area contributed by atoms with Gasteiger partial charge in [0, 0.05) is 56.9 Å². The first-order valence-electron chi connectivity index (χ1n) is 23.2. The second kappa shape index (κ2) is 26.7. The molecule has 2 heterocycles. The van der Waals surface area contributed by atoms with E-state index in [-0.39, 0.29) is 66.9 Å². The van der Waals surface area contributed by atoms with Gasteiger partial charge >= 0.3 is 0 Å². The minimum absolute atomic E-state index is 0. The standard InChI is InChI=1S/C26H29N5O6S.C26H25N5O6S.CH4/c2*1-35-18-14-22(24(23(15-18)36-2)37-13-5-12-32)30-25-26(29-21-7-4-3-6-20(21)28-25)31-38(33,34)19-10-8-17(16-27)9-11-19;/h3-4,6-11,14-15,32H,5,12-13,16,27H2,1-2H3,(H,28,30)(H,29,31);3-4,6-11,14-15,32H,5,12-13H2,1-2H3,(H,28,30)(H,29,31);1H4. The summed E-state index contributed by atoms with van der Waals surface area (Å²) >= 11 is 0. The zero-order valence-corrected chi connectivity index (χ0v) is 43.2. The first-order valence-corrected chi connectivity index (χ1v) is 26.1. The third kappa shape index (κ3) is 14.4. The Labute approximate surface area is 445 Å². The molecular formula is C53H58N10O12S2. The van der Waals surface area contributed by atoms with E-state index < -0.39 is 20.0 Å². The van der Waals surface area contributed by atoms with Crippen molar-refractivity contribution in [3.63, 3.8) is 0 Å². The number of hydrogen-bond acceptors (Lipinski definition) is 20. The Balaban J connectivity index is 0.000000246. The highest BCUT2D eigenvalue weighted by atomic mass is 32.2. The van der Waals surface area contributed by atoms with E-state index in [1.165, 1.54) is 64.8 Å². The van der Waals surface area contributed by atoms with Crippen LogP contribution >= 0.6 is 0 Å². The van der Waals surface area contributed by atoms with Crippen molar-refractivity contribution in [3.05, 3.63) is 132 Å². The van der Waals surface area contributed by atoms with Crippen molar-refractivity contribution >= 4 is 76.8 Å². The molecule has 6 aromatic carbocycles. The van der Waals surface area contributed by atoms with Gasteiger partial charge in [-0.3, -0.25) is 9.44 Å². The van der Waals surface area contributed by atoms with Crippen LogP contribution in [0.2, 0.25) is 0 Å². The third-order valence-corrected chi connectivity index (χ3v) is 13.6. The molecule has 0 unspecified atom stereocenters. The zero-order chi connectivity index (χ0) is 54.2. The second-order valence-electron chi connectivity index (χ2n) is 16.0. The number of anilines is 6. The van der Waals surface area contributed by atoms with Crippen molar-refractivity contribution in [2.75, 3.05) is 74.9 Å². The molecule has 0 aliphatic carbocycles. The molecule has 22 nitrogen and oxygen atoms in total. The Morgan fingerprint density at radius 1 is 0.545 bits per heavy atom. The van der Waals surface area contributed by atoms with Gasteiger partial charge in [-0.05, 0) is 66.2 Å². The fourth-order valence-corrected chi connectivity index (χ4v) is 9.13. The van der Waals surface area contributed by atoms with Crippen LogP contribution in [0.5, 0.6) is 34.5 Å². The molecule has 0 radical (unpaired) electrons. The predicted molar refractivity (Wildman–Crippen MR) is 293 cm³/mol. The Morgan fingerprint density at radius 3 is 1.26 bits per heavy atom. The first kappa shape index (κ1) is 57.5. The van der Waals surface area contributed by atoms with E-state index in [0.717, 1.165) is 5.56 Å². The molecule has 0 saturated heterocycles. The monoisotopic (exact) mass is 1090 g/mol. The number of hydrogen-bond donors (Lipinski definition) is 7. The molecule has 8 rings (SSSR count). The number of para-hydroxylation sites is 4. The molecule has 0 amide bonds. The Morgan fingerprint density at radius 2 is 0.922 bits per heavy atom. The van der Waals surface area contributed by atoms with Crippen LogP contribution < -0.4 is 54.2 Å². The summed E-state index contributed by atoms with van der Waals surface area (Å²) in [4.78, 5) is 18.3. The van der Waals surface area contributed by atoms with Crippen molar-refractivity contribution in [3.8, 4) is 40.6 Å². The highest BCUT2D eigenvalue weighted by molar-refractivity contribution is 7.93. The lowest BCUT2D eigenvalue weighted by Gasteiger charge is -2.19. The summed E-state index contributed by atoms with van der Waals surface area (Å²) in [5.41, 5.74) is 9.58. The van der Waals surface area contributed by atoms with Crippen LogP contribution in [0, 0.1) is 11.3 Å². The molecule has 0 atom stereocenters. The summed E-state index contributed by atoms with van der Waals surface area (Å²) in [5, 5.41) is 33.6. The fraction of sp³-hybridized carbons (Fsp3) is 0.226. The summed E-state index contributed by atoms with van der Waals surface area (Å²) in [5.74, 6) is 2.46. The number of ether oxygens (including phenoxy) is 6. The zero-order valence-electron chi connectivity index (χ0n) is 41.6. The lowest BCUT2D eigenvalue weighted by Crippen LogP contribution is -2.16. The third-order valence-electron chi connectivity index (χ3n) is 10.9. The van der Waals surface area contributed by atoms with Crippen LogP contribution in [0.15, 0.2) is 131 Å². The number of aromatic nitrogens is 4. The van der Waals surface area contributed by atoms with Gasteiger partial charge in [-0.2, -0.15) is 5.26 Å². The Bertz CT molecular complexity index is 3570. The van der Waals surface area contributed by atoms with Crippen LogP contribution in [0.25, 0.3) is 22.1 Å². The van der Waals surface area contributed by atoms with Gasteiger partial charge in [0.15, 0.2) is 46.3 Å². The molecule has 8 aromatic rings. The van der Waals surface area contributed by atoms with Crippen LogP contribution in [0.1, 0.15) is 31.4 Å². The number of nitrogens with one attached hydrogen (secondary N) is 4. The van der Waals surface area contributed by atoms with E-state index in [2.05, 4.69) is 40.0 Å². The number of sulfonamides is 2. The van der Waals surface area contributed by atoms with Crippen LogP contribution in [-0.2, 0) is 26.6 Å². The van der Waals surface area contributed by atoms with E-state index in [4.69, 9.17) is 39.4 Å². The van der Waals surface area contributed by atoms with Crippen molar-refractivity contribution in [1.29, 1.82) is 5.26 Å². The Kier molecular flexibility index (Phi) is 19.9. The van der Waals surface area contributed by atoms with E-state index in [1.54, 1.807) is 78.9 Å². The summed E-state index contributed by atoms with van der Waals surface area (Å²) in [6.07, 6.45) is 0.790. The number of methoxy groups -OCH3 is 4. The molecule has 404 valence electrons. The summed E-state index contributed by atoms with van der Waals surface area (Å²) in [7, 11) is -2.13. The number of fused-ring (bicyclic) bond motifs is 2. The number of nitriles is 1. The summed E-state index contributed by atoms with van der Waals surface area (Å²) in [6, 6.07) is 34.4. The van der Waals surface area contributed by atoms with E-state index in [9.17, 15) is 27.0 Å². The van der Waals surface area contributed by atoms with Crippen molar-refractivity contribution < 1.29 is 55.5 Å². The van der Waals surface area contributed by atoms with E-state index in [0.29, 0.717) is 92.9 Å². The van der Waals surface area contributed by atoms with Gasteiger partial charge in [0.2, 0.25) is 0 Å². The minimum atomic E-state index is -4.09. The fourth-order valence-electron chi connectivity index (χ4n) is 7.11. The van der Waals surface area contributed by atoms with Crippen molar-refractivity contribution in [2.45, 2.75) is 36.6 Å². The highest BCUT2D eigenvalue weighted by Crippen LogP contribution is 2.43. The van der Waals surface area contributed by atoms with Gasteiger partial charge in [0.1, 0.15) is 11.5 Å². The number of nitrogens with zero attached hydrogens (tertiary/aromatic N) is 5. The van der Waals surface area contributed by atoms with Crippen LogP contribution in [0.4, 0.5) is 34.6 Å². The number of benzene rings is 6. The lowest BCUT2D eigenvalue weighted by atomic mass is 10.2. The van der Waals surface area contributed by atoms with Gasteiger partial charge in [0.05, 0.1) is 96.5 Å². The maximum atomic E-state index is 13.3. The average molecular weight is 1090 g/mol. The van der Waals surface area contributed by atoms with Gasteiger partial charge in [-0.25, -0.2) is 36.8 Å². The summed E-state index contributed by atoms with van der Waals surface area (Å²) < 4.78 is 91.5.